The van der Waals surface area contributed by atoms with Gasteiger partial charge in [0, 0.05) is 0 Å². The molecule has 0 amide bonds. The molecule has 1 atom stereocenters. The van der Waals surface area contributed by atoms with Gasteiger partial charge >= 0.3 is 0 Å². The predicted octanol–water partition coefficient (Wildman–Crippen LogP) is 6.29. The molecule has 0 aliphatic heterocycles. The van der Waals surface area contributed by atoms with Crippen molar-refractivity contribution in [3.63, 3.8) is 0 Å². The fourth-order valence-corrected chi connectivity index (χ4v) is 2.32. The second-order valence-electron chi connectivity index (χ2n) is 4.94. The van der Waals surface area contributed by atoms with Crippen molar-refractivity contribution in [2.24, 2.45) is 0 Å². The van der Waals surface area contributed by atoms with Gasteiger partial charge in [-0.05, 0) is 31.9 Å². The van der Waals surface area contributed by atoms with Gasteiger partial charge in [-0.15, -0.1) is 0 Å². The van der Waals surface area contributed by atoms with E-state index >= 15 is 0 Å². The lowest BCUT2D eigenvalue weighted by Crippen LogP contribution is -2.18. The van der Waals surface area contributed by atoms with Crippen molar-refractivity contribution < 1.29 is 13.5 Å². The number of rotatable bonds is 7. The molecule has 122 valence electrons. The van der Waals surface area contributed by atoms with Crippen LogP contribution in [0.25, 0.3) is 0 Å². The first kappa shape index (κ1) is 20.3. The standard InChI is InChI=1S/C15H23F2OP.C2H6/c1-4-6-12(7-5-2)18-14-9-8-11(3)10-13(14)15(16,17)19;1-2/h8-10,12H,4-7,19H2,1-3H3;1-2H3. The summed E-state index contributed by atoms with van der Waals surface area (Å²) in [6.45, 7) is 9.96. The minimum Gasteiger partial charge on any atom is -0.490 e. The van der Waals surface area contributed by atoms with E-state index in [0.717, 1.165) is 31.2 Å². The smallest absolute Gasteiger partial charge is 0.287 e. The zero-order valence-corrected chi connectivity index (χ0v) is 15.0. The van der Waals surface area contributed by atoms with Crippen LogP contribution in [0.4, 0.5) is 8.78 Å². The largest absolute Gasteiger partial charge is 0.490 e. The van der Waals surface area contributed by atoms with Crippen LogP contribution in [0, 0.1) is 6.92 Å². The Morgan fingerprint density at radius 1 is 1.14 bits per heavy atom. The molecular formula is C17H29F2OP. The number of ether oxygens (including phenoxy) is 1. The van der Waals surface area contributed by atoms with Gasteiger partial charge in [-0.2, -0.15) is 8.78 Å². The van der Waals surface area contributed by atoms with Crippen LogP contribution in [0.1, 0.15) is 64.5 Å². The number of hydrogen-bond donors (Lipinski definition) is 0. The van der Waals surface area contributed by atoms with Crippen LogP contribution in [-0.4, -0.2) is 6.10 Å². The maximum Gasteiger partial charge on any atom is 0.287 e. The second kappa shape index (κ2) is 10.1. The summed E-state index contributed by atoms with van der Waals surface area (Å²) in [5.41, 5.74) is -2.19. The number of benzene rings is 1. The molecule has 1 rings (SSSR count). The van der Waals surface area contributed by atoms with E-state index < -0.39 is 5.66 Å². The molecule has 0 heterocycles. The van der Waals surface area contributed by atoms with Crippen LogP contribution in [0.15, 0.2) is 18.2 Å². The van der Waals surface area contributed by atoms with Crippen LogP contribution in [0.2, 0.25) is 0 Å². The predicted molar refractivity (Wildman–Crippen MR) is 90.4 cm³/mol. The molecule has 0 saturated carbocycles. The number of aryl methyl sites for hydroxylation is 1. The van der Waals surface area contributed by atoms with Gasteiger partial charge in [-0.1, -0.05) is 61.4 Å². The second-order valence-corrected chi connectivity index (χ2v) is 5.66. The molecule has 0 saturated heterocycles. The molecule has 1 unspecified atom stereocenters. The Morgan fingerprint density at radius 3 is 2.10 bits per heavy atom. The minimum absolute atomic E-state index is 0.0174. The van der Waals surface area contributed by atoms with E-state index in [9.17, 15) is 8.78 Å². The van der Waals surface area contributed by atoms with E-state index in [1.54, 1.807) is 22.2 Å². The van der Waals surface area contributed by atoms with Gasteiger partial charge < -0.3 is 4.74 Å². The van der Waals surface area contributed by atoms with Crippen LogP contribution < -0.4 is 4.74 Å². The Balaban J connectivity index is 0.00000191. The van der Waals surface area contributed by atoms with Crippen LogP contribution in [0.5, 0.6) is 5.75 Å². The fraction of sp³-hybridized carbons (Fsp3) is 0.647. The van der Waals surface area contributed by atoms with Crippen LogP contribution in [0.3, 0.4) is 0 Å². The highest BCUT2D eigenvalue weighted by Gasteiger charge is 2.29. The van der Waals surface area contributed by atoms with Gasteiger partial charge in [-0.25, -0.2) is 0 Å². The van der Waals surface area contributed by atoms with Crippen LogP contribution >= 0.6 is 9.24 Å². The molecule has 0 spiro atoms. The Hall–Kier alpha value is -0.690. The van der Waals surface area contributed by atoms with E-state index in [0.29, 0.717) is 5.75 Å². The first-order valence-electron chi connectivity index (χ1n) is 7.83. The lowest BCUT2D eigenvalue weighted by molar-refractivity contribution is 0.0933. The molecule has 21 heavy (non-hydrogen) atoms. The molecule has 1 aromatic carbocycles. The van der Waals surface area contributed by atoms with Crippen molar-refractivity contribution in [2.75, 3.05) is 0 Å². The Labute approximate surface area is 130 Å². The number of halogens is 2. The molecule has 1 aromatic rings. The average molecular weight is 318 g/mol. The maximum absolute atomic E-state index is 13.6. The summed E-state index contributed by atoms with van der Waals surface area (Å²) < 4.78 is 33.0. The maximum atomic E-state index is 13.6. The molecule has 4 heteroatoms. The summed E-state index contributed by atoms with van der Waals surface area (Å²) in [6.07, 6.45) is 3.78. The van der Waals surface area contributed by atoms with Crippen molar-refractivity contribution in [3.05, 3.63) is 29.3 Å². The first-order chi connectivity index (χ1) is 9.88. The molecule has 0 aliphatic carbocycles. The molecule has 1 nitrogen and oxygen atoms in total. The third kappa shape index (κ3) is 7.22. The van der Waals surface area contributed by atoms with Crippen molar-refractivity contribution in [1.82, 2.24) is 0 Å². The van der Waals surface area contributed by atoms with Gasteiger partial charge in [0.1, 0.15) is 5.75 Å². The highest BCUT2D eigenvalue weighted by molar-refractivity contribution is 7.17. The van der Waals surface area contributed by atoms with E-state index in [4.69, 9.17) is 4.74 Å². The lowest BCUT2D eigenvalue weighted by Gasteiger charge is -2.22. The fourth-order valence-electron chi connectivity index (χ4n) is 2.09. The van der Waals surface area contributed by atoms with E-state index in [1.165, 1.54) is 6.07 Å². The van der Waals surface area contributed by atoms with Gasteiger partial charge in [0.05, 0.1) is 11.7 Å². The van der Waals surface area contributed by atoms with Gasteiger partial charge in [0.15, 0.2) is 0 Å². The molecule has 0 aromatic heterocycles. The monoisotopic (exact) mass is 318 g/mol. The average Bonchev–Trinajstić information content (AvgIpc) is 2.42. The molecule has 0 fully saturated rings. The summed E-state index contributed by atoms with van der Waals surface area (Å²) in [6, 6.07) is 4.96. The number of hydrogen-bond acceptors (Lipinski definition) is 1. The first-order valence-corrected chi connectivity index (χ1v) is 8.40. The quantitative estimate of drug-likeness (QED) is 0.537. The van der Waals surface area contributed by atoms with Gasteiger partial charge in [-0.3, -0.25) is 0 Å². The van der Waals surface area contributed by atoms with E-state index in [-0.39, 0.29) is 11.7 Å². The highest BCUT2D eigenvalue weighted by atomic mass is 31.0. The lowest BCUT2D eigenvalue weighted by atomic mass is 10.1. The molecule has 0 aliphatic rings. The Morgan fingerprint density at radius 2 is 1.67 bits per heavy atom. The van der Waals surface area contributed by atoms with E-state index in [2.05, 4.69) is 13.8 Å². The third-order valence-electron chi connectivity index (χ3n) is 3.01. The Kier molecular flexibility index (Phi) is 9.77. The van der Waals surface area contributed by atoms with Crippen molar-refractivity contribution in [1.29, 1.82) is 0 Å². The SMILES string of the molecule is CC.CCCC(CCC)Oc1ccc(C)cc1C(F)(F)P. The van der Waals surface area contributed by atoms with Gasteiger partial charge in [0.25, 0.3) is 5.66 Å². The van der Waals surface area contributed by atoms with Crippen molar-refractivity contribution in [3.8, 4) is 5.75 Å². The van der Waals surface area contributed by atoms with Gasteiger partial charge in [0.2, 0.25) is 0 Å². The van der Waals surface area contributed by atoms with Crippen molar-refractivity contribution in [2.45, 2.75) is 72.1 Å². The molecule has 0 radical (unpaired) electrons. The summed E-state index contributed by atoms with van der Waals surface area (Å²) in [5, 5.41) is 0. The highest BCUT2D eigenvalue weighted by Crippen LogP contribution is 2.41. The zero-order chi connectivity index (χ0) is 16.5. The topological polar surface area (TPSA) is 9.23 Å². The number of alkyl halides is 2. The Bertz CT molecular complexity index is 396. The third-order valence-corrected chi connectivity index (χ3v) is 3.32. The van der Waals surface area contributed by atoms with Crippen LogP contribution in [-0.2, 0) is 5.66 Å². The molecule has 0 bridgehead atoms. The van der Waals surface area contributed by atoms with E-state index in [1.807, 2.05) is 19.9 Å². The summed E-state index contributed by atoms with van der Waals surface area (Å²) >= 11 is 0. The summed E-state index contributed by atoms with van der Waals surface area (Å²) in [5.74, 6) is 0.303. The summed E-state index contributed by atoms with van der Waals surface area (Å²) in [7, 11) is 1.59. The van der Waals surface area contributed by atoms with Crippen molar-refractivity contribution >= 4 is 9.24 Å². The zero-order valence-electron chi connectivity index (χ0n) is 13.9. The molecular weight excluding hydrogens is 289 g/mol. The minimum atomic E-state index is -2.95. The summed E-state index contributed by atoms with van der Waals surface area (Å²) in [4.78, 5) is 0. The normalized spacial score (nSPS) is 11.1. The molecule has 0 N–H and O–H groups in total.